The first-order chi connectivity index (χ1) is 7.56. The van der Waals surface area contributed by atoms with Crippen molar-refractivity contribution >= 4 is 37.8 Å². The molecule has 0 spiro atoms. The van der Waals surface area contributed by atoms with Crippen LogP contribution in [0.1, 0.15) is 5.56 Å². The summed E-state index contributed by atoms with van der Waals surface area (Å²) in [6, 6.07) is 7.31. The van der Waals surface area contributed by atoms with E-state index in [2.05, 4.69) is 11.4 Å². The van der Waals surface area contributed by atoms with Crippen LogP contribution in [-0.2, 0) is 9.53 Å². The molecule has 1 rings (SSSR count). The first kappa shape index (κ1) is 13.3. The summed E-state index contributed by atoms with van der Waals surface area (Å²) in [4.78, 5) is 13.7. The zero-order valence-electron chi connectivity index (χ0n) is 9.53. The number of carbonyl (C=O) groups is 1. The summed E-state index contributed by atoms with van der Waals surface area (Å²) < 4.78 is 4.78. The van der Waals surface area contributed by atoms with Crippen molar-refractivity contribution in [3.05, 3.63) is 39.7 Å². The third kappa shape index (κ3) is 3.40. The molecule has 0 bridgehead atoms. The monoisotopic (exact) mass is 300 g/mol. The summed E-state index contributed by atoms with van der Waals surface area (Å²) in [6.45, 7) is 0. The number of rotatable bonds is 3. The van der Waals surface area contributed by atoms with E-state index < -0.39 is 14.7 Å². The van der Waals surface area contributed by atoms with Crippen LogP contribution < -0.4 is 0 Å². The van der Waals surface area contributed by atoms with Crippen molar-refractivity contribution in [3.63, 3.8) is 0 Å². The zero-order chi connectivity index (χ0) is 12.1. The summed E-state index contributed by atoms with van der Waals surface area (Å²) >= 11 is 5.00. The van der Waals surface area contributed by atoms with E-state index in [1.807, 2.05) is 23.1 Å². The Balaban J connectivity index is 3.22. The van der Waals surface area contributed by atoms with Crippen molar-refractivity contribution in [3.8, 4) is 0 Å². The van der Waals surface area contributed by atoms with Gasteiger partial charge in [-0.15, -0.1) is 0 Å². The molecule has 86 valence electrons. The average molecular weight is 301 g/mol. The van der Waals surface area contributed by atoms with Crippen molar-refractivity contribution in [1.82, 2.24) is 0 Å². The number of carbonyl (C=O) groups excluding carboxylic acids is 1. The van der Waals surface area contributed by atoms with E-state index in [-0.39, 0.29) is 5.97 Å². The summed E-state index contributed by atoms with van der Waals surface area (Å²) in [7, 11) is 1.38. The van der Waals surface area contributed by atoms with Gasteiger partial charge in [0.2, 0.25) is 0 Å². The number of hydrogen-bond donors (Lipinski definition) is 0. The Morgan fingerprint density at radius 3 is 2.50 bits per heavy atom. The van der Waals surface area contributed by atoms with Crippen LogP contribution in [0.5, 0.6) is 0 Å². The Morgan fingerprint density at radius 1 is 1.38 bits per heavy atom. The zero-order valence-corrected chi connectivity index (χ0v) is 12.2. The van der Waals surface area contributed by atoms with Crippen LogP contribution in [0, 0.1) is 0 Å². The molecule has 2 nitrogen and oxygen atoms in total. The average Bonchev–Trinajstić information content (AvgIpc) is 2.26. The van der Waals surface area contributed by atoms with Crippen molar-refractivity contribution in [2.75, 3.05) is 7.11 Å². The molecule has 0 radical (unpaired) electrons. The van der Waals surface area contributed by atoms with E-state index in [0.717, 1.165) is 5.56 Å². The van der Waals surface area contributed by atoms with Gasteiger partial charge in [-0.2, -0.15) is 0 Å². The Morgan fingerprint density at radius 2 is 2.00 bits per heavy atom. The minimum atomic E-state index is -1.07. The van der Waals surface area contributed by atoms with Gasteiger partial charge in [0.1, 0.15) is 0 Å². The molecule has 0 aliphatic carbocycles. The Labute approximate surface area is 106 Å². The molecule has 0 aliphatic rings. The molecular weight excluding hydrogens is 287 g/mol. The van der Waals surface area contributed by atoms with Gasteiger partial charge >= 0.3 is 106 Å². The Hall–Kier alpha value is -0.722. The number of ether oxygens (including phenoxy) is 1. The quantitative estimate of drug-likeness (QED) is 0.487. The third-order valence-corrected chi connectivity index (χ3v) is 3.91. The van der Waals surface area contributed by atoms with E-state index >= 15 is 0 Å². The molecule has 0 heterocycles. The molecule has 1 aromatic carbocycles. The summed E-state index contributed by atoms with van der Waals surface area (Å²) in [5.41, 5.74) is 5.62. The van der Waals surface area contributed by atoms with Crippen LogP contribution in [-0.4, -0.2) is 27.7 Å². The van der Waals surface area contributed by atoms with Crippen LogP contribution in [0.2, 0.25) is 16.4 Å². The number of benzene rings is 1. The van der Waals surface area contributed by atoms with E-state index in [0.29, 0.717) is 10.6 Å². The van der Waals surface area contributed by atoms with Crippen LogP contribution in [0.25, 0.3) is 5.57 Å². The Bertz CT molecular complexity index is 413. The molecule has 16 heavy (non-hydrogen) atoms. The van der Waals surface area contributed by atoms with Crippen LogP contribution in [0.3, 0.4) is 0 Å². The van der Waals surface area contributed by atoms with Gasteiger partial charge in [-0.25, -0.2) is 0 Å². The molecule has 0 aromatic heterocycles. The fourth-order valence-electron chi connectivity index (χ4n) is 1.28. The van der Waals surface area contributed by atoms with Crippen molar-refractivity contribution < 1.29 is 9.53 Å². The van der Waals surface area contributed by atoms with E-state index in [1.165, 1.54) is 7.11 Å². The van der Waals surface area contributed by atoms with Gasteiger partial charge in [-0.3, -0.25) is 0 Å². The molecule has 0 N–H and O–H groups in total. The minimum absolute atomic E-state index is 0.323. The number of halogens is 1. The second-order valence-electron chi connectivity index (χ2n) is 3.48. The van der Waals surface area contributed by atoms with Gasteiger partial charge in [0, 0.05) is 0 Å². The normalized spacial score (nSPS) is 11.7. The molecule has 4 heteroatoms. The summed E-state index contributed by atoms with van der Waals surface area (Å²) in [5, 5.41) is 0.579. The molecular formula is C12H14AsClO2. The van der Waals surface area contributed by atoms with Gasteiger partial charge < -0.3 is 0 Å². The van der Waals surface area contributed by atoms with Crippen LogP contribution in [0.15, 0.2) is 29.1 Å². The van der Waals surface area contributed by atoms with Gasteiger partial charge in [-0.1, -0.05) is 0 Å². The van der Waals surface area contributed by atoms with Gasteiger partial charge in [0.15, 0.2) is 0 Å². The second-order valence-corrected chi connectivity index (χ2v) is 8.47. The number of hydrogen-bond acceptors (Lipinski definition) is 2. The first-order valence-electron chi connectivity index (χ1n) is 4.77. The maximum atomic E-state index is 11.7. The van der Waals surface area contributed by atoms with Crippen molar-refractivity contribution in [1.29, 1.82) is 0 Å². The number of esters is 1. The molecule has 0 unspecified atom stereocenters. The number of methoxy groups -OCH3 is 1. The fraction of sp³-hybridized carbons (Fsp3) is 0.250. The molecule has 0 atom stereocenters. The molecule has 0 amide bonds. The van der Waals surface area contributed by atoms with E-state index in [9.17, 15) is 4.79 Å². The summed E-state index contributed by atoms with van der Waals surface area (Å²) in [6.07, 6.45) is 0. The maximum absolute atomic E-state index is 11.7. The first-order valence-corrected chi connectivity index (χ1v) is 9.99. The predicted octanol–water partition coefficient (Wildman–Crippen LogP) is 3.19. The van der Waals surface area contributed by atoms with E-state index in [4.69, 9.17) is 16.3 Å². The fourth-order valence-corrected chi connectivity index (χ4v) is 3.11. The van der Waals surface area contributed by atoms with Crippen LogP contribution >= 0.6 is 11.6 Å². The topological polar surface area (TPSA) is 26.3 Å². The summed E-state index contributed by atoms with van der Waals surface area (Å²) in [5.74, 6) is -0.323. The van der Waals surface area contributed by atoms with Crippen LogP contribution in [0.4, 0.5) is 0 Å². The van der Waals surface area contributed by atoms with Crippen molar-refractivity contribution in [2.24, 2.45) is 0 Å². The second kappa shape index (κ2) is 6.12. The molecule has 0 saturated heterocycles. The molecule has 0 saturated carbocycles. The van der Waals surface area contributed by atoms with Gasteiger partial charge in [0.25, 0.3) is 0 Å². The molecule has 1 aromatic rings. The Kier molecular flexibility index (Phi) is 5.11. The van der Waals surface area contributed by atoms with Gasteiger partial charge in [-0.05, 0) is 0 Å². The SMILES string of the molecule is COC(=O)C(=C[As](C)C)c1ccccc1Cl. The van der Waals surface area contributed by atoms with Gasteiger partial charge in [0.05, 0.1) is 0 Å². The molecule has 0 fully saturated rings. The predicted molar refractivity (Wildman–Crippen MR) is 68.9 cm³/mol. The third-order valence-electron chi connectivity index (χ3n) is 1.96. The standard InChI is InChI=1S/C12H14AsClO2/c1-13(2)8-10(12(15)16-3)9-6-4-5-7-11(9)14/h4-8H,1-3H3. The van der Waals surface area contributed by atoms with Crippen molar-refractivity contribution in [2.45, 2.75) is 11.4 Å². The molecule has 0 aliphatic heterocycles. The van der Waals surface area contributed by atoms with E-state index in [1.54, 1.807) is 6.07 Å².